The second-order valence-electron chi connectivity index (χ2n) is 6.86. The molecule has 3 rings (SSSR count). The monoisotopic (exact) mass is 370 g/mol. The van der Waals surface area contributed by atoms with Crippen molar-refractivity contribution in [2.75, 3.05) is 50.0 Å². The fourth-order valence-electron chi connectivity index (χ4n) is 3.05. The molecule has 2 amide bonds. The molecule has 0 spiro atoms. The lowest BCUT2D eigenvalue weighted by Crippen LogP contribution is -2.44. The number of nitrogens with one attached hydrogen (secondary N) is 2. The summed E-state index contributed by atoms with van der Waals surface area (Å²) in [6.45, 7) is 6.41. The first-order valence-electron chi connectivity index (χ1n) is 9.17. The number of aryl methyl sites for hydroxylation is 1. The predicted molar refractivity (Wildman–Crippen MR) is 105 cm³/mol. The maximum Gasteiger partial charge on any atom is 0.254 e. The first kappa shape index (κ1) is 19.0. The minimum Gasteiger partial charge on any atom is -0.472 e. The highest BCUT2D eigenvalue weighted by atomic mass is 16.3. The zero-order valence-electron chi connectivity index (χ0n) is 15.8. The minimum absolute atomic E-state index is 0.127. The van der Waals surface area contributed by atoms with Gasteiger partial charge in [-0.3, -0.25) is 9.59 Å². The van der Waals surface area contributed by atoms with Gasteiger partial charge in [-0.1, -0.05) is 0 Å². The minimum atomic E-state index is -0.246. The van der Waals surface area contributed by atoms with Gasteiger partial charge in [-0.2, -0.15) is 0 Å². The van der Waals surface area contributed by atoms with Crippen molar-refractivity contribution in [3.8, 4) is 0 Å². The molecule has 27 heavy (non-hydrogen) atoms. The Morgan fingerprint density at radius 2 is 1.93 bits per heavy atom. The normalized spacial score (nSPS) is 14.8. The van der Waals surface area contributed by atoms with Crippen molar-refractivity contribution in [1.29, 1.82) is 0 Å². The van der Waals surface area contributed by atoms with Crippen molar-refractivity contribution in [2.45, 2.75) is 13.3 Å². The van der Waals surface area contributed by atoms with Crippen LogP contribution < -0.4 is 15.5 Å². The van der Waals surface area contributed by atoms with E-state index >= 15 is 0 Å². The van der Waals surface area contributed by atoms with E-state index in [9.17, 15) is 9.59 Å². The lowest BCUT2D eigenvalue weighted by atomic mass is 10.1. The Kier molecular flexibility index (Phi) is 6.13. The molecule has 2 N–H and O–H groups in total. The zero-order valence-corrected chi connectivity index (χ0v) is 15.8. The van der Waals surface area contributed by atoms with E-state index in [-0.39, 0.29) is 24.8 Å². The Balaban J connectivity index is 1.48. The molecule has 1 aromatic heterocycles. The highest BCUT2D eigenvalue weighted by Crippen LogP contribution is 2.23. The summed E-state index contributed by atoms with van der Waals surface area (Å²) in [5, 5.41) is 5.62. The Labute approximate surface area is 159 Å². The van der Waals surface area contributed by atoms with Gasteiger partial charge in [-0.25, -0.2) is 0 Å². The van der Waals surface area contributed by atoms with Gasteiger partial charge in [0.25, 0.3) is 5.91 Å². The fraction of sp³-hybridized carbons (Fsp3) is 0.400. The van der Waals surface area contributed by atoms with E-state index < -0.39 is 0 Å². The van der Waals surface area contributed by atoms with Gasteiger partial charge >= 0.3 is 0 Å². The van der Waals surface area contributed by atoms with E-state index in [0.717, 1.165) is 37.4 Å². The molecular formula is C20H26N4O3. The third-order valence-corrected chi connectivity index (χ3v) is 4.77. The molecular weight excluding hydrogens is 344 g/mol. The average Bonchev–Trinajstić information content (AvgIpc) is 3.19. The number of carbonyl (C=O) groups is 2. The van der Waals surface area contributed by atoms with Gasteiger partial charge in [-0.05, 0) is 43.8 Å². The Bertz CT molecular complexity index is 781. The molecule has 1 aliphatic heterocycles. The van der Waals surface area contributed by atoms with Gasteiger partial charge in [0.15, 0.2) is 0 Å². The van der Waals surface area contributed by atoms with Crippen LogP contribution in [0.5, 0.6) is 0 Å². The molecule has 7 heteroatoms. The number of likely N-dealkylation sites (N-methyl/N-ethyl adjacent to an activating group) is 1. The van der Waals surface area contributed by atoms with Crippen LogP contribution in [0, 0.1) is 6.92 Å². The van der Waals surface area contributed by atoms with Crippen LogP contribution in [0.15, 0.2) is 41.2 Å². The van der Waals surface area contributed by atoms with Gasteiger partial charge in [0.05, 0.1) is 11.8 Å². The molecule has 1 aromatic carbocycles. The van der Waals surface area contributed by atoms with E-state index in [1.54, 1.807) is 6.07 Å². The summed E-state index contributed by atoms with van der Waals surface area (Å²) < 4.78 is 4.87. The first-order chi connectivity index (χ1) is 13.0. The van der Waals surface area contributed by atoms with Crippen molar-refractivity contribution < 1.29 is 14.0 Å². The molecule has 0 aliphatic carbocycles. The van der Waals surface area contributed by atoms with E-state index in [0.29, 0.717) is 5.56 Å². The Morgan fingerprint density at radius 1 is 1.15 bits per heavy atom. The Hall–Kier alpha value is -2.80. The zero-order chi connectivity index (χ0) is 19.2. The molecule has 0 saturated carbocycles. The van der Waals surface area contributed by atoms with E-state index in [2.05, 4.69) is 39.6 Å². The van der Waals surface area contributed by atoms with Crippen LogP contribution >= 0.6 is 0 Å². The number of benzene rings is 1. The molecule has 144 valence electrons. The molecule has 7 nitrogen and oxygen atoms in total. The molecule has 1 saturated heterocycles. The molecule has 2 heterocycles. The average molecular weight is 370 g/mol. The van der Waals surface area contributed by atoms with E-state index in [4.69, 9.17) is 4.42 Å². The molecule has 1 fully saturated rings. The van der Waals surface area contributed by atoms with Crippen molar-refractivity contribution in [2.24, 2.45) is 0 Å². The highest BCUT2D eigenvalue weighted by Gasteiger charge is 2.15. The first-order valence-corrected chi connectivity index (χ1v) is 9.17. The number of carbonyl (C=O) groups excluding carboxylic acids is 2. The lowest BCUT2D eigenvalue weighted by molar-refractivity contribution is -0.116. The van der Waals surface area contributed by atoms with Crippen LogP contribution in [0.25, 0.3) is 0 Å². The Morgan fingerprint density at radius 3 is 2.59 bits per heavy atom. The number of furan rings is 1. The summed E-state index contributed by atoms with van der Waals surface area (Å²) in [6.07, 6.45) is 3.03. The van der Waals surface area contributed by atoms with Crippen LogP contribution in [-0.2, 0) is 4.79 Å². The summed E-state index contributed by atoms with van der Waals surface area (Å²) >= 11 is 0. The summed E-state index contributed by atoms with van der Waals surface area (Å²) in [6, 6.07) is 7.70. The smallest absolute Gasteiger partial charge is 0.254 e. The maximum absolute atomic E-state index is 12.2. The van der Waals surface area contributed by atoms with Crippen LogP contribution in [0.2, 0.25) is 0 Å². The lowest BCUT2D eigenvalue weighted by Gasteiger charge is -2.34. The summed E-state index contributed by atoms with van der Waals surface area (Å²) in [7, 11) is 2.14. The van der Waals surface area contributed by atoms with Gasteiger partial charge in [-0.15, -0.1) is 0 Å². The molecule has 0 unspecified atom stereocenters. The van der Waals surface area contributed by atoms with Gasteiger partial charge in [0.1, 0.15) is 6.26 Å². The second kappa shape index (κ2) is 8.73. The predicted octanol–water partition coefficient (Wildman–Crippen LogP) is 2.10. The van der Waals surface area contributed by atoms with Crippen molar-refractivity contribution >= 4 is 23.2 Å². The fourth-order valence-corrected chi connectivity index (χ4v) is 3.05. The third kappa shape index (κ3) is 5.10. The van der Waals surface area contributed by atoms with Crippen molar-refractivity contribution in [3.05, 3.63) is 47.9 Å². The summed E-state index contributed by atoms with van der Waals surface area (Å²) in [5.74, 6) is -0.373. The number of rotatable bonds is 6. The summed E-state index contributed by atoms with van der Waals surface area (Å²) in [4.78, 5) is 28.6. The van der Waals surface area contributed by atoms with Gasteiger partial charge < -0.3 is 24.9 Å². The largest absolute Gasteiger partial charge is 0.472 e. The van der Waals surface area contributed by atoms with Crippen LogP contribution in [0.3, 0.4) is 0 Å². The molecule has 0 bridgehead atoms. The standard InChI is InChI=1S/C20H26N4O3/c1-15-13-17(24-10-8-23(2)9-11-24)3-4-18(15)22-19(25)5-7-21-20(26)16-6-12-27-14-16/h3-4,6,12-14H,5,7-11H2,1-2H3,(H,21,26)(H,22,25). The SMILES string of the molecule is Cc1cc(N2CCN(C)CC2)ccc1NC(=O)CCNC(=O)c1ccoc1. The summed E-state index contributed by atoms with van der Waals surface area (Å²) in [5.41, 5.74) is 3.47. The highest BCUT2D eigenvalue weighted by molar-refractivity contribution is 5.95. The van der Waals surface area contributed by atoms with Crippen molar-refractivity contribution in [3.63, 3.8) is 0 Å². The van der Waals surface area contributed by atoms with Gasteiger partial charge in [0, 0.05) is 50.5 Å². The van der Waals surface area contributed by atoms with E-state index in [1.165, 1.54) is 18.2 Å². The quantitative estimate of drug-likeness (QED) is 0.814. The van der Waals surface area contributed by atoms with E-state index in [1.807, 2.05) is 13.0 Å². The van der Waals surface area contributed by atoms with Crippen LogP contribution in [-0.4, -0.2) is 56.5 Å². The van der Waals surface area contributed by atoms with Crippen LogP contribution in [0.4, 0.5) is 11.4 Å². The molecule has 2 aromatic rings. The topological polar surface area (TPSA) is 77.8 Å². The van der Waals surface area contributed by atoms with Crippen LogP contribution in [0.1, 0.15) is 22.3 Å². The number of hydrogen-bond acceptors (Lipinski definition) is 5. The molecule has 0 radical (unpaired) electrons. The number of hydrogen-bond donors (Lipinski definition) is 2. The number of anilines is 2. The van der Waals surface area contributed by atoms with Crippen molar-refractivity contribution in [1.82, 2.24) is 10.2 Å². The van der Waals surface area contributed by atoms with Gasteiger partial charge in [0.2, 0.25) is 5.91 Å². The number of amides is 2. The maximum atomic E-state index is 12.2. The second-order valence-corrected chi connectivity index (χ2v) is 6.86. The number of piperazine rings is 1. The third-order valence-electron chi connectivity index (χ3n) is 4.77. The molecule has 1 aliphatic rings. The molecule has 0 atom stereocenters. The number of nitrogens with zero attached hydrogens (tertiary/aromatic N) is 2.